The van der Waals surface area contributed by atoms with Crippen LogP contribution >= 0.6 is 0 Å². The SMILES string of the molecule is CCOc1ccc(N2CC(NS(=O)(=O)CC)CC2=O)cc1. The third kappa shape index (κ3) is 3.95. The molecule has 1 saturated heterocycles. The van der Waals surface area contributed by atoms with Gasteiger partial charge in [-0.15, -0.1) is 0 Å². The Kier molecular flexibility index (Phi) is 4.84. The largest absolute Gasteiger partial charge is 0.494 e. The average Bonchev–Trinajstić information content (AvgIpc) is 2.80. The van der Waals surface area contributed by atoms with Crippen LogP contribution in [0.2, 0.25) is 0 Å². The molecule has 0 spiro atoms. The molecule has 1 aromatic carbocycles. The van der Waals surface area contributed by atoms with Gasteiger partial charge in [-0.25, -0.2) is 13.1 Å². The van der Waals surface area contributed by atoms with E-state index in [0.717, 1.165) is 11.4 Å². The minimum Gasteiger partial charge on any atom is -0.494 e. The van der Waals surface area contributed by atoms with Crippen molar-refractivity contribution in [2.75, 3.05) is 23.8 Å². The monoisotopic (exact) mass is 312 g/mol. The number of hydrogen-bond donors (Lipinski definition) is 1. The maximum atomic E-state index is 12.0. The quantitative estimate of drug-likeness (QED) is 0.854. The van der Waals surface area contributed by atoms with E-state index in [2.05, 4.69) is 4.72 Å². The smallest absolute Gasteiger partial charge is 0.228 e. The third-order valence-corrected chi connectivity index (χ3v) is 4.76. The number of amides is 1. The highest BCUT2D eigenvalue weighted by Crippen LogP contribution is 2.24. The van der Waals surface area contributed by atoms with Gasteiger partial charge in [0.05, 0.1) is 12.4 Å². The maximum absolute atomic E-state index is 12.0. The van der Waals surface area contributed by atoms with Gasteiger partial charge in [0.2, 0.25) is 15.9 Å². The first-order valence-electron chi connectivity index (χ1n) is 6.98. The van der Waals surface area contributed by atoms with E-state index in [4.69, 9.17) is 4.74 Å². The summed E-state index contributed by atoms with van der Waals surface area (Å²) in [5.41, 5.74) is 0.752. The van der Waals surface area contributed by atoms with Crippen LogP contribution in [0.15, 0.2) is 24.3 Å². The number of anilines is 1. The number of hydrogen-bond acceptors (Lipinski definition) is 4. The number of benzene rings is 1. The lowest BCUT2D eigenvalue weighted by atomic mass is 10.3. The van der Waals surface area contributed by atoms with Gasteiger partial charge in [-0.1, -0.05) is 0 Å². The fraction of sp³-hybridized carbons (Fsp3) is 0.500. The molecule has 1 unspecified atom stereocenters. The van der Waals surface area contributed by atoms with Gasteiger partial charge >= 0.3 is 0 Å². The molecule has 1 aliphatic rings. The molecule has 6 nitrogen and oxygen atoms in total. The van der Waals surface area contributed by atoms with Crippen LogP contribution in [0.5, 0.6) is 5.75 Å². The van der Waals surface area contributed by atoms with Gasteiger partial charge < -0.3 is 9.64 Å². The van der Waals surface area contributed by atoms with E-state index in [9.17, 15) is 13.2 Å². The topological polar surface area (TPSA) is 75.7 Å². The molecule has 1 atom stereocenters. The molecule has 0 aromatic heterocycles. The first kappa shape index (κ1) is 15.8. The van der Waals surface area contributed by atoms with Crippen molar-refractivity contribution in [2.45, 2.75) is 26.3 Å². The van der Waals surface area contributed by atoms with Crippen molar-refractivity contribution in [1.29, 1.82) is 0 Å². The van der Waals surface area contributed by atoms with Crippen molar-refractivity contribution in [2.24, 2.45) is 0 Å². The van der Waals surface area contributed by atoms with E-state index in [1.165, 1.54) is 0 Å². The van der Waals surface area contributed by atoms with E-state index in [0.29, 0.717) is 13.2 Å². The van der Waals surface area contributed by atoms with Crippen molar-refractivity contribution in [3.05, 3.63) is 24.3 Å². The Labute approximate surface area is 125 Å². The second-order valence-corrected chi connectivity index (χ2v) is 6.90. The van der Waals surface area contributed by atoms with Gasteiger partial charge in [-0.3, -0.25) is 4.79 Å². The van der Waals surface area contributed by atoms with Crippen molar-refractivity contribution < 1.29 is 17.9 Å². The first-order chi connectivity index (χ1) is 9.95. The fourth-order valence-electron chi connectivity index (χ4n) is 2.26. The van der Waals surface area contributed by atoms with Crippen LogP contribution in [0, 0.1) is 0 Å². The van der Waals surface area contributed by atoms with Crippen LogP contribution in [0.3, 0.4) is 0 Å². The summed E-state index contributed by atoms with van der Waals surface area (Å²) in [5, 5.41) is 0. The number of nitrogens with one attached hydrogen (secondary N) is 1. The van der Waals surface area contributed by atoms with E-state index in [1.807, 2.05) is 6.92 Å². The van der Waals surface area contributed by atoms with Crippen molar-refractivity contribution in [3.63, 3.8) is 0 Å². The van der Waals surface area contributed by atoms with E-state index in [1.54, 1.807) is 36.1 Å². The predicted octanol–water partition coefficient (Wildman–Crippen LogP) is 1.13. The zero-order valence-electron chi connectivity index (χ0n) is 12.2. The lowest BCUT2D eigenvalue weighted by molar-refractivity contribution is -0.117. The van der Waals surface area contributed by atoms with Crippen LogP contribution in [-0.4, -0.2) is 39.3 Å². The Hall–Kier alpha value is -1.60. The third-order valence-electron chi connectivity index (χ3n) is 3.31. The van der Waals surface area contributed by atoms with Gasteiger partial charge in [-0.2, -0.15) is 0 Å². The summed E-state index contributed by atoms with van der Waals surface area (Å²) >= 11 is 0. The highest BCUT2D eigenvalue weighted by molar-refractivity contribution is 7.89. The summed E-state index contributed by atoms with van der Waals surface area (Å²) in [5.74, 6) is 0.680. The molecular formula is C14H20N2O4S. The van der Waals surface area contributed by atoms with Gasteiger partial charge in [0, 0.05) is 24.7 Å². The lowest BCUT2D eigenvalue weighted by Gasteiger charge is -2.17. The summed E-state index contributed by atoms with van der Waals surface area (Å²) < 4.78 is 31.0. The van der Waals surface area contributed by atoms with E-state index < -0.39 is 10.0 Å². The van der Waals surface area contributed by atoms with Crippen LogP contribution in [0.25, 0.3) is 0 Å². The average molecular weight is 312 g/mol. The minimum absolute atomic E-state index is 0.0146. The van der Waals surface area contributed by atoms with Crippen LogP contribution in [0.1, 0.15) is 20.3 Å². The molecule has 1 fully saturated rings. The molecule has 0 bridgehead atoms. The zero-order chi connectivity index (χ0) is 15.5. The molecule has 1 amide bonds. The number of rotatable bonds is 6. The molecule has 1 heterocycles. The number of sulfonamides is 1. The van der Waals surface area contributed by atoms with Crippen molar-refractivity contribution in [3.8, 4) is 5.75 Å². The van der Waals surface area contributed by atoms with Crippen LogP contribution < -0.4 is 14.4 Å². The summed E-state index contributed by atoms with van der Waals surface area (Å²) in [6, 6.07) is 6.85. The molecule has 1 aromatic rings. The number of carbonyl (C=O) groups excluding carboxylic acids is 1. The Morgan fingerprint density at radius 3 is 2.52 bits per heavy atom. The second-order valence-electron chi connectivity index (χ2n) is 4.85. The molecular weight excluding hydrogens is 292 g/mol. The zero-order valence-corrected chi connectivity index (χ0v) is 13.0. The molecule has 0 radical (unpaired) electrons. The predicted molar refractivity (Wildman–Crippen MR) is 81.0 cm³/mol. The van der Waals surface area contributed by atoms with Gasteiger partial charge in [0.25, 0.3) is 0 Å². The fourth-order valence-corrected chi connectivity index (χ4v) is 3.09. The molecule has 7 heteroatoms. The highest BCUT2D eigenvalue weighted by Gasteiger charge is 2.32. The van der Waals surface area contributed by atoms with E-state index in [-0.39, 0.29) is 24.1 Å². The Balaban J connectivity index is 2.06. The molecule has 1 aliphatic heterocycles. The molecule has 0 saturated carbocycles. The molecule has 2 rings (SSSR count). The Bertz CT molecular complexity index is 598. The van der Waals surface area contributed by atoms with Crippen molar-refractivity contribution in [1.82, 2.24) is 4.72 Å². The Morgan fingerprint density at radius 2 is 1.95 bits per heavy atom. The van der Waals surface area contributed by atoms with Gasteiger partial charge in [-0.05, 0) is 38.1 Å². The standard InChI is InChI=1S/C14H20N2O4S/c1-3-20-13-7-5-12(6-8-13)16-10-11(9-14(16)17)15-21(18,19)4-2/h5-8,11,15H,3-4,9-10H2,1-2H3. The highest BCUT2D eigenvalue weighted by atomic mass is 32.2. The summed E-state index contributed by atoms with van der Waals surface area (Å²) in [7, 11) is -3.29. The molecule has 116 valence electrons. The lowest BCUT2D eigenvalue weighted by Crippen LogP contribution is -2.37. The number of carbonyl (C=O) groups is 1. The summed E-state index contributed by atoms with van der Waals surface area (Å²) in [6.07, 6.45) is 0.187. The molecule has 21 heavy (non-hydrogen) atoms. The molecule has 0 aliphatic carbocycles. The number of ether oxygens (including phenoxy) is 1. The Morgan fingerprint density at radius 1 is 1.29 bits per heavy atom. The van der Waals surface area contributed by atoms with E-state index >= 15 is 0 Å². The first-order valence-corrected chi connectivity index (χ1v) is 8.63. The number of nitrogens with zero attached hydrogens (tertiary/aromatic N) is 1. The van der Waals surface area contributed by atoms with Crippen LogP contribution in [-0.2, 0) is 14.8 Å². The minimum atomic E-state index is -3.29. The molecule has 1 N–H and O–H groups in total. The van der Waals surface area contributed by atoms with Crippen LogP contribution in [0.4, 0.5) is 5.69 Å². The summed E-state index contributed by atoms with van der Waals surface area (Å²) in [4.78, 5) is 13.6. The maximum Gasteiger partial charge on any atom is 0.228 e. The summed E-state index contributed by atoms with van der Waals surface area (Å²) in [6.45, 7) is 4.42. The second kappa shape index (κ2) is 6.44. The van der Waals surface area contributed by atoms with Gasteiger partial charge in [0.1, 0.15) is 5.75 Å². The normalized spacial score (nSPS) is 19.0. The van der Waals surface area contributed by atoms with Gasteiger partial charge in [0.15, 0.2) is 0 Å². The van der Waals surface area contributed by atoms with Crippen molar-refractivity contribution >= 4 is 21.6 Å².